The second-order valence-electron chi connectivity index (χ2n) is 5.24. The van der Waals surface area contributed by atoms with Gasteiger partial charge < -0.3 is 4.90 Å². The number of hydrogen-bond acceptors (Lipinski definition) is 1. The van der Waals surface area contributed by atoms with Gasteiger partial charge in [0, 0.05) is 25.4 Å². The minimum Gasteiger partial charge on any atom is -0.337 e. The van der Waals surface area contributed by atoms with Crippen LogP contribution in [0, 0.1) is 18.3 Å². The molecule has 1 amide bonds. The maximum atomic E-state index is 11.8. The van der Waals surface area contributed by atoms with Crippen LogP contribution < -0.4 is 0 Å². The Morgan fingerprint density at radius 1 is 1.39 bits per heavy atom. The van der Waals surface area contributed by atoms with E-state index in [0.717, 1.165) is 0 Å². The van der Waals surface area contributed by atoms with Crippen LogP contribution >= 0.6 is 0 Å². The fourth-order valence-corrected chi connectivity index (χ4v) is 2.26. The van der Waals surface area contributed by atoms with Crippen molar-refractivity contribution in [1.82, 2.24) is 4.90 Å². The van der Waals surface area contributed by atoms with Crippen LogP contribution in [-0.2, 0) is 11.3 Å². The SMILES string of the molecule is C#CC1CC(=O)N(Cc2ccc(C(C)C)cc2)C1. The maximum absolute atomic E-state index is 11.8. The molecule has 0 aromatic heterocycles. The number of carbonyl (C=O) groups is 1. The third kappa shape index (κ3) is 2.73. The Hall–Kier alpha value is -1.75. The molecule has 0 aliphatic carbocycles. The van der Waals surface area contributed by atoms with E-state index in [0.29, 0.717) is 25.4 Å². The van der Waals surface area contributed by atoms with Gasteiger partial charge in [0.2, 0.25) is 5.91 Å². The van der Waals surface area contributed by atoms with E-state index < -0.39 is 0 Å². The first-order valence-electron chi connectivity index (χ1n) is 6.43. The smallest absolute Gasteiger partial charge is 0.224 e. The van der Waals surface area contributed by atoms with Crippen LogP contribution in [0.4, 0.5) is 0 Å². The molecule has 0 spiro atoms. The first-order chi connectivity index (χ1) is 8.60. The number of terminal acetylenes is 1. The Balaban J connectivity index is 2.02. The van der Waals surface area contributed by atoms with Crippen molar-refractivity contribution in [3.63, 3.8) is 0 Å². The van der Waals surface area contributed by atoms with Crippen molar-refractivity contribution in [3.05, 3.63) is 35.4 Å². The zero-order valence-corrected chi connectivity index (χ0v) is 11.0. The first-order valence-corrected chi connectivity index (χ1v) is 6.43. The van der Waals surface area contributed by atoms with Gasteiger partial charge in [0.15, 0.2) is 0 Å². The summed E-state index contributed by atoms with van der Waals surface area (Å²) in [7, 11) is 0. The van der Waals surface area contributed by atoms with Gasteiger partial charge in [0.1, 0.15) is 0 Å². The second-order valence-corrected chi connectivity index (χ2v) is 5.24. The Kier molecular flexibility index (Phi) is 3.72. The number of amides is 1. The van der Waals surface area contributed by atoms with Gasteiger partial charge in [-0.3, -0.25) is 4.79 Å². The summed E-state index contributed by atoms with van der Waals surface area (Å²) in [6.07, 6.45) is 5.88. The van der Waals surface area contributed by atoms with Crippen molar-refractivity contribution in [3.8, 4) is 12.3 Å². The molecule has 18 heavy (non-hydrogen) atoms. The van der Waals surface area contributed by atoms with Gasteiger partial charge in [-0.05, 0) is 17.0 Å². The average Bonchev–Trinajstić information content (AvgIpc) is 2.71. The molecule has 0 bridgehead atoms. The van der Waals surface area contributed by atoms with Gasteiger partial charge in [0.05, 0.1) is 0 Å². The summed E-state index contributed by atoms with van der Waals surface area (Å²) in [4.78, 5) is 13.6. The van der Waals surface area contributed by atoms with Gasteiger partial charge in [0.25, 0.3) is 0 Å². The minimum absolute atomic E-state index is 0.0902. The van der Waals surface area contributed by atoms with E-state index in [-0.39, 0.29) is 11.8 Å². The number of nitrogens with zero attached hydrogens (tertiary/aromatic N) is 1. The first kappa shape index (κ1) is 12.7. The quantitative estimate of drug-likeness (QED) is 0.745. The van der Waals surface area contributed by atoms with Crippen LogP contribution in [0.2, 0.25) is 0 Å². The largest absolute Gasteiger partial charge is 0.337 e. The number of benzene rings is 1. The highest BCUT2D eigenvalue weighted by Crippen LogP contribution is 2.20. The molecule has 1 aromatic carbocycles. The van der Waals surface area contributed by atoms with Gasteiger partial charge in [-0.15, -0.1) is 12.3 Å². The fraction of sp³-hybridized carbons (Fsp3) is 0.438. The Morgan fingerprint density at radius 2 is 2.06 bits per heavy atom. The zero-order valence-electron chi connectivity index (χ0n) is 11.0. The van der Waals surface area contributed by atoms with Crippen LogP contribution in [-0.4, -0.2) is 17.4 Å². The molecule has 0 N–H and O–H groups in total. The topological polar surface area (TPSA) is 20.3 Å². The standard InChI is InChI=1S/C16H19NO/c1-4-13-9-16(18)17(10-13)11-14-5-7-15(8-6-14)12(2)3/h1,5-8,12-13H,9-11H2,2-3H3. The molecular weight excluding hydrogens is 222 g/mol. The predicted molar refractivity (Wildman–Crippen MR) is 72.9 cm³/mol. The van der Waals surface area contributed by atoms with Crippen molar-refractivity contribution >= 4 is 5.91 Å². The third-order valence-electron chi connectivity index (χ3n) is 3.47. The Labute approximate surface area is 109 Å². The number of rotatable bonds is 3. The summed E-state index contributed by atoms with van der Waals surface area (Å²) < 4.78 is 0. The predicted octanol–water partition coefficient (Wildman–Crippen LogP) is 2.79. The highest BCUT2D eigenvalue weighted by atomic mass is 16.2. The van der Waals surface area contributed by atoms with Crippen LogP contribution in [0.1, 0.15) is 37.3 Å². The van der Waals surface area contributed by atoms with Gasteiger partial charge in [-0.2, -0.15) is 0 Å². The Morgan fingerprint density at radius 3 is 2.56 bits per heavy atom. The lowest BCUT2D eigenvalue weighted by Crippen LogP contribution is -2.24. The van der Waals surface area contributed by atoms with Crippen LogP contribution in [0.5, 0.6) is 0 Å². The fourth-order valence-electron chi connectivity index (χ4n) is 2.26. The molecule has 1 atom stereocenters. The molecule has 2 heteroatoms. The summed E-state index contributed by atoms with van der Waals surface area (Å²) in [5, 5.41) is 0. The number of likely N-dealkylation sites (tertiary alicyclic amines) is 1. The third-order valence-corrected chi connectivity index (χ3v) is 3.47. The lowest BCUT2D eigenvalue weighted by Gasteiger charge is -2.16. The van der Waals surface area contributed by atoms with Crippen molar-refractivity contribution in [1.29, 1.82) is 0 Å². The van der Waals surface area contributed by atoms with E-state index in [4.69, 9.17) is 6.42 Å². The van der Waals surface area contributed by atoms with Crippen LogP contribution in [0.3, 0.4) is 0 Å². The molecule has 1 fully saturated rings. The van der Waals surface area contributed by atoms with E-state index in [1.54, 1.807) is 0 Å². The van der Waals surface area contributed by atoms with Crippen molar-refractivity contribution in [2.75, 3.05) is 6.54 Å². The monoisotopic (exact) mass is 241 g/mol. The summed E-state index contributed by atoms with van der Waals surface area (Å²) in [6.45, 7) is 5.73. The van der Waals surface area contributed by atoms with Crippen molar-refractivity contribution in [2.45, 2.75) is 32.7 Å². The summed E-state index contributed by atoms with van der Waals surface area (Å²) in [6, 6.07) is 8.48. The zero-order chi connectivity index (χ0) is 13.1. The summed E-state index contributed by atoms with van der Waals surface area (Å²) in [5.74, 6) is 3.47. The van der Waals surface area contributed by atoms with E-state index in [2.05, 4.69) is 44.0 Å². The molecule has 0 radical (unpaired) electrons. The number of hydrogen-bond donors (Lipinski definition) is 0. The average molecular weight is 241 g/mol. The highest BCUT2D eigenvalue weighted by Gasteiger charge is 2.27. The summed E-state index contributed by atoms with van der Waals surface area (Å²) in [5.41, 5.74) is 2.50. The van der Waals surface area contributed by atoms with Crippen molar-refractivity contribution < 1.29 is 4.79 Å². The lowest BCUT2D eigenvalue weighted by atomic mass is 10.0. The molecule has 1 aromatic rings. The minimum atomic E-state index is 0.0902. The van der Waals surface area contributed by atoms with Gasteiger partial charge in [-0.25, -0.2) is 0 Å². The molecule has 2 rings (SSSR count). The highest BCUT2D eigenvalue weighted by molar-refractivity contribution is 5.79. The molecule has 1 saturated heterocycles. The second kappa shape index (κ2) is 5.27. The van der Waals surface area contributed by atoms with Crippen LogP contribution in [0.15, 0.2) is 24.3 Å². The van der Waals surface area contributed by atoms with Gasteiger partial charge in [-0.1, -0.05) is 38.1 Å². The number of carbonyl (C=O) groups excluding carboxylic acids is 1. The Bertz CT molecular complexity index is 467. The molecule has 1 heterocycles. The normalized spacial score (nSPS) is 19.3. The molecule has 0 saturated carbocycles. The molecular formula is C16H19NO. The van der Waals surface area contributed by atoms with E-state index in [1.165, 1.54) is 11.1 Å². The maximum Gasteiger partial charge on any atom is 0.224 e. The van der Waals surface area contributed by atoms with Crippen LogP contribution in [0.25, 0.3) is 0 Å². The van der Waals surface area contributed by atoms with E-state index >= 15 is 0 Å². The molecule has 1 unspecified atom stereocenters. The molecule has 1 aliphatic rings. The molecule has 1 aliphatic heterocycles. The molecule has 94 valence electrons. The van der Waals surface area contributed by atoms with Crippen molar-refractivity contribution in [2.24, 2.45) is 5.92 Å². The molecule has 2 nitrogen and oxygen atoms in total. The lowest BCUT2D eigenvalue weighted by molar-refractivity contribution is -0.128. The summed E-state index contributed by atoms with van der Waals surface area (Å²) >= 11 is 0. The van der Waals surface area contributed by atoms with E-state index in [1.807, 2.05) is 4.90 Å². The van der Waals surface area contributed by atoms with E-state index in [9.17, 15) is 4.79 Å². The van der Waals surface area contributed by atoms with Gasteiger partial charge >= 0.3 is 0 Å².